The zero-order valence-electron chi connectivity index (χ0n) is 32.0. The smallest absolute Gasteiger partial charge is 0.246 e. The second kappa shape index (κ2) is 17.5. The lowest BCUT2D eigenvalue weighted by Gasteiger charge is -2.35. The Morgan fingerprint density at radius 3 is 1.82 bits per heavy atom. The minimum atomic E-state index is -1.18. The number of ether oxygens (including phenoxy) is 2. The van der Waals surface area contributed by atoms with Crippen LogP contribution in [0, 0.1) is 11.8 Å². The summed E-state index contributed by atoms with van der Waals surface area (Å²) < 4.78 is 12.4. The van der Waals surface area contributed by atoms with Gasteiger partial charge in [-0.25, -0.2) is 0 Å². The van der Waals surface area contributed by atoms with Gasteiger partial charge in [0.2, 0.25) is 29.5 Å². The van der Waals surface area contributed by atoms with Gasteiger partial charge >= 0.3 is 0 Å². The SMILES string of the molecule is C=CC(C)(C)O[C@H](C)[C@@H]1NC(=O)[C@@H]2CSC(=N2)[C@H](CC(C)C)NC(=O)[C@H]([C@@H](C)OC(C)(C)C=C)NC(=O)[C@@H]2CCCN2C(=O)[C@H](C(C)C)NC1=O. The van der Waals surface area contributed by atoms with Gasteiger partial charge in [-0.3, -0.25) is 29.0 Å². The Bertz CT molecular complexity index is 1360. The van der Waals surface area contributed by atoms with Crippen molar-refractivity contribution < 1.29 is 33.4 Å². The number of carbonyl (C=O) groups excluding carboxylic acids is 5. The van der Waals surface area contributed by atoms with E-state index in [9.17, 15) is 24.0 Å². The highest BCUT2D eigenvalue weighted by Gasteiger charge is 2.43. The molecule has 0 aromatic carbocycles. The lowest BCUT2D eigenvalue weighted by atomic mass is 10.00. The molecule has 0 saturated carbocycles. The average molecular weight is 733 g/mol. The fourth-order valence-corrected chi connectivity index (χ4v) is 7.50. The van der Waals surface area contributed by atoms with Crippen molar-refractivity contribution in [2.24, 2.45) is 16.8 Å². The molecule has 0 aromatic heterocycles. The first-order valence-electron chi connectivity index (χ1n) is 18.1. The Morgan fingerprint density at radius 2 is 1.31 bits per heavy atom. The Kier molecular flexibility index (Phi) is 14.5. The molecule has 0 radical (unpaired) electrons. The highest BCUT2D eigenvalue weighted by atomic mass is 32.2. The molecule has 0 spiro atoms. The number of nitrogens with zero attached hydrogens (tertiary/aromatic N) is 2. The summed E-state index contributed by atoms with van der Waals surface area (Å²) in [7, 11) is 0. The van der Waals surface area contributed by atoms with E-state index in [-0.39, 0.29) is 11.8 Å². The van der Waals surface area contributed by atoms with E-state index in [2.05, 4.69) is 34.4 Å². The van der Waals surface area contributed by atoms with Crippen LogP contribution >= 0.6 is 11.8 Å². The summed E-state index contributed by atoms with van der Waals surface area (Å²) >= 11 is 1.36. The predicted molar refractivity (Wildman–Crippen MR) is 200 cm³/mol. The molecule has 0 aromatic rings. The number of nitrogens with one attached hydrogen (secondary N) is 4. The maximum atomic E-state index is 14.2. The quantitative estimate of drug-likeness (QED) is 0.236. The van der Waals surface area contributed by atoms with E-state index < -0.39 is 89.2 Å². The molecule has 3 aliphatic heterocycles. The molecule has 0 aliphatic carbocycles. The van der Waals surface area contributed by atoms with Gasteiger partial charge in [0, 0.05) is 12.3 Å². The van der Waals surface area contributed by atoms with Gasteiger partial charge in [0.1, 0.15) is 30.2 Å². The molecular weight excluding hydrogens is 673 g/mol. The molecule has 8 atom stereocenters. The van der Waals surface area contributed by atoms with Crippen molar-refractivity contribution in [2.75, 3.05) is 12.3 Å². The molecule has 3 aliphatic rings. The van der Waals surface area contributed by atoms with E-state index in [1.165, 1.54) is 16.7 Å². The first kappa shape index (κ1) is 42.2. The highest BCUT2D eigenvalue weighted by Crippen LogP contribution is 2.26. The predicted octanol–water partition coefficient (Wildman–Crippen LogP) is 2.89. The maximum absolute atomic E-state index is 14.2. The van der Waals surface area contributed by atoms with Crippen LogP contribution in [0.5, 0.6) is 0 Å². The summed E-state index contributed by atoms with van der Waals surface area (Å²) in [6.07, 6.45) is 3.08. The summed E-state index contributed by atoms with van der Waals surface area (Å²) in [4.78, 5) is 76.5. The molecule has 1 saturated heterocycles. The van der Waals surface area contributed by atoms with Crippen molar-refractivity contribution in [3.63, 3.8) is 0 Å². The van der Waals surface area contributed by atoms with E-state index in [1.54, 1.807) is 53.7 Å². The van der Waals surface area contributed by atoms with Crippen LogP contribution in [0.3, 0.4) is 0 Å². The fraction of sp³-hybridized carbons (Fsp3) is 0.730. The molecule has 3 rings (SSSR count). The minimum Gasteiger partial charge on any atom is -0.366 e. The number of carbonyl (C=O) groups is 5. The van der Waals surface area contributed by atoms with E-state index in [0.29, 0.717) is 36.6 Å². The topological polar surface area (TPSA) is 168 Å². The second-order valence-corrected chi connectivity index (χ2v) is 16.7. The van der Waals surface area contributed by atoms with Gasteiger partial charge in [0.15, 0.2) is 0 Å². The number of rotatable bonds is 11. The Labute approximate surface area is 307 Å². The molecule has 14 heteroatoms. The van der Waals surface area contributed by atoms with Crippen LogP contribution in [0.15, 0.2) is 30.3 Å². The van der Waals surface area contributed by atoms with Crippen molar-refractivity contribution in [1.82, 2.24) is 26.2 Å². The van der Waals surface area contributed by atoms with Crippen LogP contribution in [0.25, 0.3) is 0 Å². The molecule has 4 N–H and O–H groups in total. The fourth-order valence-electron chi connectivity index (χ4n) is 6.39. The highest BCUT2D eigenvalue weighted by molar-refractivity contribution is 8.14. The summed E-state index contributed by atoms with van der Waals surface area (Å²) in [5, 5.41) is 12.3. The number of fused-ring (bicyclic) bond motifs is 2. The molecule has 0 unspecified atom stereocenters. The van der Waals surface area contributed by atoms with E-state index >= 15 is 0 Å². The van der Waals surface area contributed by atoms with Crippen LogP contribution < -0.4 is 21.3 Å². The van der Waals surface area contributed by atoms with Crippen molar-refractivity contribution in [3.8, 4) is 0 Å². The second-order valence-electron chi connectivity index (χ2n) is 15.6. The summed E-state index contributed by atoms with van der Waals surface area (Å²) in [6.45, 7) is 26.2. The molecule has 51 heavy (non-hydrogen) atoms. The molecule has 1 fully saturated rings. The van der Waals surface area contributed by atoms with Crippen LogP contribution in [0.4, 0.5) is 0 Å². The average Bonchev–Trinajstić information content (AvgIpc) is 3.74. The van der Waals surface area contributed by atoms with Gasteiger partial charge in [-0.1, -0.05) is 39.8 Å². The van der Waals surface area contributed by atoms with Gasteiger partial charge in [-0.05, 0) is 72.6 Å². The largest absolute Gasteiger partial charge is 0.366 e. The Balaban J connectivity index is 2.13. The number of aliphatic imine (C=N–C) groups is 1. The molecule has 286 valence electrons. The first-order valence-corrected chi connectivity index (χ1v) is 19.0. The normalized spacial score (nSPS) is 28.5. The molecule has 13 nitrogen and oxygen atoms in total. The van der Waals surface area contributed by atoms with Gasteiger partial charge in [-0.2, -0.15) is 0 Å². The number of amides is 5. The zero-order valence-corrected chi connectivity index (χ0v) is 32.9. The standard InChI is InChI=1S/C37H60N6O7S/c1-13-36(9,10)49-22(7)28-32(46)38-24(18-20(3)4)34-39-25(19-51-34)30(44)41-29(23(8)50-37(11,12)14-2)33(47)40-27(21(5)6)35(48)43-17-15-16-26(43)31(45)42-28/h13-14,20-29H,1-2,15-19H2,3-12H3,(H,38,46)(H,40,47)(H,41,44)(H,42,45)/t22-,23-,24+,25+,26+,27+,28+,29+/m1/s1. The van der Waals surface area contributed by atoms with Gasteiger partial charge in [0.05, 0.1) is 34.5 Å². The van der Waals surface area contributed by atoms with Crippen molar-refractivity contribution in [3.05, 3.63) is 25.3 Å². The lowest BCUT2D eigenvalue weighted by molar-refractivity contribution is -0.145. The first-order chi connectivity index (χ1) is 23.7. The number of thioether (sulfide) groups is 1. The summed E-state index contributed by atoms with van der Waals surface area (Å²) in [5.74, 6) is -2.39. The zero-order chi connectivity index (χ0) is 38.4. The van der Waals surface area contributed by atoms with E-state index in [0.717, 1.165) is 0 Å². The molecule has 5 amide bonds. The molecular formula is C37H60N6O7S. The number of hydrogen-bond donors (Lipinski definition) is 4. The van der Waals surface area contributed by atoms with Gasteiger partial charge in [-0.15, -0.1) is 24.9 Å². The van der Waals surface area contributed by atoms with E-state index in [4.69, 9.17) is 14.5 Å². The Morgan fingerprint density at radius 1 is 0.804 bits per heavy atom. The van der Waals surface area contributed by atoms with Crippen molar-refractivity contribution in [1.29, 1.82) is 0 Å². The van der Waals surface area contributed by atoms with Gasteiger partial charge < -0.3 is 35.6 Å². The van der Waals surface area contributed by atoms with Gasteiger partial charge in [0.25, 0.3) is 0 Å². The van der Waals surface area contributed by atoms with Crippen LogP contribution in [0.2, 0.25) is 0 Å². The lowest BCUT2D eigenvalue weighted by Crippen LogP contribution is -2.62. The van der Waals surface area contributed by atoms with Crippen molar-refractivity contribution in [2.45, 2.75) is 148 Å². The Hall–Kier alpha value is -3.23. The van der Waals surface area contributed by atoms with Crippen molar-refractivity contribution >= 4 is 46.3 Å². The maximum Gasteiger partial charge on any atom is 0.246 e. The third kappa shape index (κ3) is 11.1. The third-order valence-corrected chi connectivity index (χ3v) is 10.6. The monoisotopic (exact) mass is 732 g/mol. The summed E-state index contributed by atoms with van der Waals surface area (Å²) in [5.41, 5.74) is -1.63. The van der Waals surface area contributed by atoms with E-state index in [1.807, 2.05) is 27.7 Å². The number of hydrogen-bond acceptors (Lipinski definition) is 9. The van der Waals surface area contributed by atoms with Crippen LogP contribution in [0.1, 0.15) is 88.5 Å². The third-order valence-electron chi connectivity index (χ3n) is 9.43. The van der Waals surface area contributed by atoms with Crippen LogP contribution in [-0.4, -0.2) is 111 Å². The molecule has 3 heterocycles. The summed E-state index contributed by atoms with van der Waals surface area (Å²) in [6, 6.07) is -5.59. The minimum absolute atomic E-state index is 0.150. The van der Waals surface area contributed by atoms with Crippen LogP contribution in [-0.2, 0) is 33.4 Å². The molecule has 2 bridgehead atoms.